The first-order valence-electron chi connectivity index (χ1n) is 7.63. The number of benzene rings is 1. The minimum atomic E-state index is -0.0262. The van der Waals surface area contributed by atoms with Gasteiger partial charge in [-0.05, 0) is 24.3 Å². The van der Waals surface area contributed by atoms with Gasteiger partial charge in [0.1, 0.15) is 5.76 Å². The van der Waals surface area contributed by atoms with Gasteiger partial charge < -0.3 is 9.73 Å². The summed E-state index contributed by atoms with van der Waals surface area (Å²) in [5, 5.41) is 4.91. The molecule has 0 radical (unpaired) electrons. The third-order valence-corrected chi connectivity index (χ3v) is 4.51. The SMILES string of the molecule is O=C(CCc1ccco1)Nc1ccc(-c2cn3ccsc3n2)cc1. The molecule has 5 nitrogen and oxygen atoms in total. The van der Waals surface area contributed by atoms with Gasteiger partial charge in [0.25, 0.3) is 0 Å². The number of hydrogen-bond donors (Lipinski definition) is 1. The maximum Gasteiger partial charge on any atom is 0.224 e. The largest absolute Gasteiger partial charge is 0.469 e. The second-order valence-corrected chi connectivity index (χ2v) is 6.30. The highest BCUT2D eigenvalue weighted by molar-refractivity contribution is 7.15. The number of hydrogen-bond acceptors (Lipinski definition) is 4. The molecule has 0 atom stereocenters. The third kappa shape index (κ3) is 3.09. The van der Waals surface area contributed by atoms with Gasteiger partial charge in [-0.25, -0.2) is 4.98 Å². The van der Waals surface area contributed by atoms with Gasteiger partial charge >= 0.3 is 0 Å². The molecular formula is C18H15N3O2S. The van der Waals surface area contributed by atoms with Crippen molar-refractivity contribution >= 4 is 27.9 Å². The number of aryl methyl sites for hydroxylation is 1. The van der Waals surface area contributed by atoms with Crippen molar-refractivity contribution in [3.05, 3.63) is 66.2 Å². The predicted octanol–water partition coefficient (Wildman–Crippen LogP) is 4.23. The van der Waals surface area contributed by atoms with E-state index in [2.05, 4.69) is 10.3 Å². The van der Waals surface area contributed by atoms with E-state index < -0.39 is 0 Å². The summed E-state index contributed by atoms with van der Waals surface area (Å²) in [5.41, 5.74) is 2.74. The predicted molar refractivity (Wildman–Crippen MR) is 94.2 cm³/mol. The molecule has 4 rings (SSSR count). The molecule has 0 saturated heterocycles. The smallest absolute Gasteiger partial charge is 0.224 e. The van der Waals surface area contributed by atoms with Crippen LogP contribution in [-0.4, -0.2) is 15.3 Å². The normalized spacial score (nSPS) is 11.0. The molecule has 24 heavy (non-hydrogen) atoms. The van der Waals surface area contributed by atoms with E-state index in [1.807, 2.05) is 58.6 Å². The second kappa shape index (κ2) is 6.33. The summed E-state index contributed by atoms with van der Waals surface area (Å²) in [4.78, 5) is 17.5. The van der Waals surface area contributed by atoms with Crippen molar-refractivity contribution in [3.8, 4) is 11.3 Å². The second-order valence-electron chi connectivity index (χ2n) is 5.42. The number of furan rings is 1. The number of thiazole rings is 1. The molecule has 0 saturated carbocycles. The van der Waals surface area contributed by atoms with E-state index in [-0.39, 0.29) is 5.91 Å². The Hall–Kier alpha value is -2.86. The van der Waals surface area contributed by atoms with Crippen molar-refractivity contribution < 1.29 is 9.21 Å². The van der Waals surface area contributed by atoms with Crippen LogP contribution >= 0.6 is 11.3 Å². The van der Waals surface area contributed by atoms with Crippen molar-refractivity contribution in [1.29, 1.82) is 0 Å². The molecule has 4 aromatic rings. The zero-order chi connectivity index (χ0) is 16.4. The topological polar surface area (TPSA) is 59.5 Å². The molecule has 1 amide bonds. The number of anilines is 1. The minimum absolute atomic E-state index is 0.0262. The lowest BCUT2D eigenvalue weighted by atomic mass is 10.1. The van der Waals surface area contributed by atoms with Crippen LogP contribution in [0.4, 0.5) is 5.69 Å². The van der Waals surface area contributed by atoms with Crippen molar-refractivity contribution in [3.63, 3.8) is 0 Å². The average molecular weight is 337 g/mol. The van der Waals surface area contributed by atoms with Crippen LogP contribution in [0.3, 0.4) is 0 Å². The van der Waals surface area contributed by atoms with Crippen LogP contribution in [0.25, 0.3) is 16.2 Å². The fourth-order valence-electron chi connectivity index (χ4n) is 2.51. The first-order valence-corrected chi connectivity index (χ1v) is 8.51. The highest BCUT2D eigenvalue weighted by atomic mass is 32.1. The van der Waals surface area contributed by atoms with Crippen LogP contribution < -0.4 is 5.32 Å². The Morgan fingerprint density at radius 2 is 2.12 bits per heavy atom. The van der Waals surface area contributed by atoms with Crippen molar-refractivity contribution in [1.82, 2.24) is 9.38 Å². The van der Waals surface area contributed by atoms with Gasteiger partial charge in [0.05, 0.1) is 12.0 Å². The number of rotatable bonds is 5. The molecule has 120 valence electrons. The van der Waals surface area contributed by atoms with Gasteiger partial charge in [0.2, 0.25) is 5.91 Å². The number of imidazole rings is 1. The lowest BCUT2D eigenvalue weighted by Gasteiger charge is -2.05. The fraction of sp³-hybridized carbons (Fsp3) is 0.111. The molecule has 0 aliphatic heterocycles. The number of aromatic nitrogens is 2. The number of carbonyl (C=O) groups is 1. The van der Waals surface area contributed by atoms with Crippen molar-refractivity contribution in [2.45, 2.75) is 12.8 Å². The van der Waals surface area contributed by atoms with E-state index in [1.54, 1.807) is 17.6 Å². The Balaban J connectivity index is 1.40. The monoisotopic (exact) mass is 337 g/mol. The molecule has 0 bridgehead atoms. The minimum Gasteiger partial charge on any atom is -0.469 e. The number of nitrogens with zero attached hydrogens (tertiary/aromatic N) is 2. The Bertz CT molecular complexity index is 923. The first-order chi connectivity index (χ1) is 11.8. The zero-order valence-corrected chi connectivity index (χ0v) is 13.6. The van der Waals surface area contributed by atoms with Crippen molar-refractivity contribution in [2.75, 3.05) is 5.32 Å². The van der Waals surface area contributed by atoms with Gasteiger partial charge in [0.15, 0.2) is 4.96 Å². The Morgan fingerprint density at radius 3 is 2.88 bits per heavy atom. The number of nitrogens with one attached hydrogen (secondary N) is 1. The Morgan fingerprint density at radius 1 is 1.25 bits per heavy atom. The fourth-order valence-corrected chi connectivity index (χ4v) is 3.21. The molecule has 3 aromatic heterocycles. The Labute approximate surface area is 142 Å². The highest BCUT2D eigenvalue weighted by Crippen LogP contribution is 2.23. The Kier molecular flexibility index (Phi) is 3.88. The van der Waals surface area contributed by atoms with Crippen LogP contribution in [0, 0.1) is 0 Å². The third-order valence-electron chi connectivity index (χ3n) is 3.74. The van der Waals surface area contributed by atoms with Gasteiger partial charge in [-0.3, -0.25) is 9.20 Å². The molecule has 1 N–H and O–H groups in total. The van der Waals surface area contributed by atoms with E-state index >= 15 is 0 Å². The summed E-state index contributed by atoms with van der Waals surface area (Å²) in [6.07, 6.45) is 6.60. The maximum absolute atomic E-state index is 12.0. The van der Waals surface area contributed by atoms with Crippen molar-refractivity contribution in [2.24, 2.45) is 0 Å². The van der Waals surface area contributed by atoms with Gasteiger partial charge in [-0.15, -0.1) is 11.3 Å². The summed E-state index contributed by atoms with van der Waals surface area (Å²) in [6.45, 7) is 0. The molecule has 0 aliphatic carbocycles. The molecule has 0 unspecified atom stereocenters. The van der Waals surface area contributed by atoms with E-state index in [0.717, 1.165) is 27.7 Å². The average Bonchev–Trinajstić information content (AvgIpc) is 3.30. The molecular weight excluding hydrogens is 322 g/mol. The van der Waals surface area contributed by atoms with E-state index in [0.29, 0.717) is 12.8 Å². The maximum atomic E-state index is 12.0. The molecule has 0 fully saturated rings. The summed E-state index contributed by atoms with van der Waals surface area (Å²) >= 11 is 1.61. The van der Waals surface area contributed by atoms with Crippen LogP contribution in [-0.2, 0) is 11.2 Å². The molecule has 0 spiro atoms. The van der Waals surface area contributed by atoms with Gasteiger partial charge in [0, 0.05) is 41.9 Å². The van der Waals surface area contributed by atoms with Gasteiger partial charge in [-0.2, -0.15) is 0 Å². The summed E-state index contributed by atoms with van der Waals surface area (Å²) in [6, 6.07) is 11.4. The lowest BCUT2D eigenvalue weighted by molar-refractivity contribution is -0.116. The summed E-state index contributed by atoms with van der Waals surface area (Å²) in [5.74, 6) is 0.793. The quantitative estimate of drug-likeness (QED) is 0.593. The van der Waals surface area contributed by atoms with Gasteiger partial charge in [-0.1, -0.05) is 12.1 Å². The zero-order valence-electron chi connectivity index (χ0n) is 12.8. The van der Waals surface area contributed by atoms with Crippen LogP contribution in [0.2, 0.25) is 0 Å². The number of carbonyl (C=O) groups excluding carboxylic acids is 1. The number of fused-ring (bicyclic) bond motifs is 1. The molecule has 1 aromatic carbocycles. The summed E-state index contributed by atoms with van der Waals surface area (Å²) in [7, 11) is 0. The van der Waals surface area contributed by atoms with E-state index in [1.165, 1.54) is 0 Å². The number of amides is 1. The van der Waals surface area contributed by atoms with Crippen LogP contribution in [0.15, 0.2) is 64.9 Å². The highest BCUT2D eigenvalue weighted by Gasteiger charge is 2.07. The lowest BCUT2D eigenvalue weighted by Crippen LogP contribution is -2.12. The van der Waals surface area contributed by atoms with E-state index in [9.17, 15) is 4.79 Å². The van der Waals surface area contributed by atoms with Crippen LogP contribution in [0.1, 0.15) is 12.2 Å². The molecule has 3 heterocycles. The summed E-state index contributed by atoms with van der Waals surface area (Å²) < 4.78 is 7.23. The standard InChI is InChI=1S/C18H15N3O2S/c22-17(8-7-15-2-1-10-23-15)19-14-5-3-13(4-6-14)16-12-21-9-11-24-18(21)20-16/h1-6,9-12H,7-8H2,(H,19,22). The first kappa shape index (κ1) is 14.7. The molecule has 0 aliphatic rings. The molecule has 6 heteroatoms. The van der Waals surface area contributed by atoms with E-state index in [4.69, 9.17) is 4.42 Å². The van der Waals surface area contributed by atoms with Crippen LogP contribution in [0.5, 0.6) is 0 Å².